The van der Waals surface area contributed by atoms with Crippen molar-refractivity contribution in [2.75, 3.05) is 31.1 Å². The van der Waals surface area contributed by atoms with Gasteiger partial charge in [-0.3, -0.25) is 4.68 Å². The van der Waals surface area contributed by atoms with Crippen molar-refractivity contribution in [3.05, 3.63) is 47.8 Å². The van der Waals surface area contributed by atoms with Crippen LogP contribution in [0.1, 0.15) is 17.2 Å². The van der Waals surface area contributed by atoms with E-state index >= 15 is 0 Å². The Morgan fingerprint density at radius 3 is 2.14 bits per heavy atom. The van der Waals surface area contributed by atoms with Crippen molar-refractivity contribution in [2.45, 2.75) is 25.7 Å². The number of aromatic nitrogens is 5. The third-order valence-corrected chi connectivity index (χ3v) is 7.43. The summed E-state index contributed by atoms with van der Waals surface area (Å²) in [5.74, 6) is 2.30. The second-order valence-corrected chi connectivity index (χ2v) is 9.11. The average Bonchev–Trinajstić information content (AvgIpc) is 3.30. The van der Waals surface area contributed by atoms with Gasteiger partial charge in [-0.1, -0.05) is 0 Å². The van der Waals surface area contributed by atoms with Gasteiger partial charge in [0.1, 0.15) is 22.4 Å². The Morgan fingerprint density at radius 1 is 0.931 bits per heavy atom. The van der Waals surface area contributed by atoms with Crippen LogP contribution in [-0.4, -0.2) is 63.2 Å². The number of nitrogens with zero attached hydrogens (tertiary/aromatic N) is 7. The number of anilines is 1. The molecule has 0 radical (unpaired) electrons. The molecule has 0 bridgehead atoms. The van der Waals surface area contributed by atoms with Crippen molar-refractivity contribution in [1.29, 1.82) is 0 Å². The summed E-state index contributed by atoms with van der Waals surface area (Å²) in [7, 11) is -1.81. The second-order valence-electron chi connectivity index (χ2n) is 7.24. The van der Waals surface area contributed by atoms with Crippen LogP contribution < -0.4 is 4.90 Å². The summed E-state index contributed by atoms with van der Waals surface area (Å²) in [6.45, 7) is 7.33. The molecule has 3 aromatic rings. The number of aryl methyl sites for hydroxylation is 3. The molecule has 1 saturated heterocycles. The molecule has 10 heteroatoms. The van der Waals surface area contributed by atoms with Gasteiger partial charge in [0.2, 0.25) is 10.0 Å². The molecule has 1 fully saturated rings. The molecule has 0 saturated carbocycles. The minimum atomic E-state index is -3.57. The van der Waals surface area contributed by atoms with Gasteiger partial charge in [0.25, 0.3) is 0 Å². The summed E-state index contributed by atoms with van der Waals surface area (Å²) in [5, 5.41) is 4.26. The molecule has 4 heterocycles. The SMILES string of the molecule is Cc1nc(N2CCN(S(=O)(=O)c3c(C)nn(C)c3C)CC2)cc(-n2cccc2)n1. The van der Waals surface area contributed by atoms with Crippen molar-refractivity contribution < 1.29 is 8.42 Å². The molecule has 3 aromatic heterocycles. The molecule has 1 aliphatic rings. The van der Waals surface area contributed by atoms with Crippen LogP contribution >= 0.6 is 0 Å². The lowest BCUT2D eigenvalue weighted by Crippen LogP contribution is -2.49. The Balaban J connectivity index is 1.54. The molecule has 0 amide bonds. The van der Waals surface area contributed by atoms with Gasteiger partial charge in [0.05, 0.1) is 11.4 Å². The Morgan fingerprint density at radius 2 is 1.55 bits per heavy atom. The number of rotatable bonds is 4. The molecule has 4 rings (SSSR count). The Hall–Kier alpha value is -2.72. The molecular formula is C19H25N7O2S. The summed E-state index contributed by atoms with van der Waals surface area (Å²) in [5.41, 5.74) is 1.20. The first-order valence-corrected chi connectivity index (χ1v) is 11.0. The number of piperazine rings is 1. The van der Waals surface area contributed by atoms with Crippen molar-refractivity contribution in [1.82, 2.24) is 28.6 Å². The first kappa shape index (κ1) is 19.6. The van der Waals surface area contributed by atoms with E-state index in [0.29, 0.717) is 48.3 Å². The van der Waals surface area contributed by atoms with E-state index < -0.39 is 10.0 Å². The van der Waals surface area contributed by atoms with Crippen LogP contribution in [-0.2, 0) is 17.1 Å². The fourth-order valence-electron chi connectivity index (χ4n) is 3.73. The molecule has 9 nitrogen and oxygen atoms in total. The summed E-state index contributed by atoms with van der Waals surface area (Å²) in [6.07, 6.45) is 3.88. The Labute approximate surface area is 170 Å². The van der Waals surface area contributed by atoms with E-state index in [-0.39, 0.29) is 0 Å². The predicted molar refractivity (Wildman–Crippen MR) is 110 cm³/mol. The molecule has 0 spiro atoms. The van der Waals surface area contributed by atoms with Crippen LogP contribution in [0.3, 0.4) is 0 Å². The highest BCUT2D eigenvalue weighted by atomic mass is 32.2. The summed E-state index contributed by atoms with van der Waals surface area (Å²) >= 11 is 0. The minimum absolute atomic E-state index is 0.321. The maximum Gasteiger partial charge on any atom is 0.246 e. The molecule has 0 aromatic carbocycles. The Kier molecular flexibility index (Phi) is 4.91. The Bertz CT molecular complexity index is 1130. The zero-order valence-corrected chi connectivity index (χ0v) is 17.9. The van der Waals surface area contributed by atoms with Gasteiger partial charge in [-0.15, -0.1) is 0 Å². The third-order valence-electron chi connectivity index (χ3n) is 5.28. The maximum atomic E-state index is 13.2. The zero-order valence-electron chi connectivity index (χ0n) is 17.1. The van der Waals surface area contributed by atoms with Crippen LogP contribution in [0.5, 0.6) is 0 Å². The van der Waals surface area contributed by atoms with E-state index in [9.17, 15) is 8.42 Å². The quantitative estimate of drug-likeness (QED) is 0.641. The molecule has 0 N–H and O–H groups in total. The smallest absolute Gasteiger partial charge is 0.246 e. The minimum Gasteiger partial charge on any atom is -0.354 e. The average molecular weight is 416 g/mol. The zero-order chi connectivity index (χ0) is 20.8. The van der Waals surface area contributed by atoms with Gasteiger partial charge in [-0.25, -0.2) is 18.4 Å². The number of hydrogen-bond donors (Lipinski definition) is 0. The van der Waals surface area contributed by atoms with E-state index in [1.165, 1.54) is 0 Å². The highest BCUT2D eigenvalue weighted by molar-refractivity contribution is 7.89. The second kappa shape index (κ2) is 7.27. The van der Waals surface area contributed by atoms with Crippen LogP contribution in [0.25, 0.3) is 5.82 Å². The van der Waals surface area contributed by atoms with E-state index in [1.807, 2.05) is 42.1 Å². The van der Waals surface area contributed by atoms with E-state index in [4.69, 9.17) is 0 Å². The van der Waals surface area contributed by atoms with E-state index in [1.54, 1.807) is 29.9 Å². The van der Waals surface area contributed by atoms with Crippen LogP contribution in [0.2, 0.25) is 0 Å². The van der Waals surface area contributed by atoms with E-state index in [2.05, 4.69) is 20.0 Å². The maximum absolute atomic E-state index is 13.2. The lowest BCUT2D eigenvalue weighted by Gasteiger charge is -2.34. The third kappa shape index (κ3) is 3.53. The van der Waals surface area contributed by atoms with Crippen LogP contribution in [0.4, 0.5) is 5.82 Å². The fourth-order valence-corrected chi connectivity index (χ4v) is 5.55. The molecule has 29 heavy (non-hydrogen) atoms. The van der Waals surface area contributed by atoms with Gasteiger partial charge < -0.3 is 9.47 Å². The van der Waals surface area contributed by atoms with Crippen molar-refractivity contribution >= 4 is 15.8 Å². The van der Waals surface area contributed by atoms with Crippen LogP contribution in [0.15, 0.2) is 35.5 Å². The van der Waals surface area contributed by atoms with E-state index in [0.717, 1.165) is 11.6 Å². The monoisotopic (exact) mass is 415 g/mol. The van der Waals surface area contributed by atoms with Gasteiger partial charge >= 0.3 is 0 Å². The van der Waals surface area contributed by atoms with Gasteiger partial charge in [0.15, 0.2) is 0 Å². The molecular weight excluding hydrogens is 390 g/mol. The van der Waals surface area contributed by atoms with Crippen molar-refractivity contribution in [2.24, 2.45) is 7.05 Å². The first-order valence-electron chi connectivity index (χ1n) is 9.51. The summed E-state index contributed by atoms with van der Waals surface area (Å²) < 4.78 is 31.4. The van der Waals surface area contributed by atoms with Crippen LogP contribution in [0, 0.1) is 20.8 Å². The van der Waals surface area contributed by atoms with Gasteiger partial charge in [-0.2, -0.15) is 9.40 Å². The highest BCUT2D eigenvalue weighted by Crippen LogP contribution is 2.25. The first-order chi connectivity index (χ1) is 13.8. The topological polar surface area (TPSA) is 89.2 Å². The fraction of sp³-hybridized carbons (Fsp3) is 0.421. The molecule has 0 atom stereocenters. The number of hydrogen-bond acceptors (Lipinski definition) is 6. The lowest BCUT2D eigenvalue weighted by molar-refractivity contribution is 0.383. The van der Waals surface area contributed by atoms with Gasteiger partial charge in [-0.05, 0) is 32.9 Å². The highest BCUT2D eigenvalue weighted by Gasteiger charge is 2.33. The molecule has 154 valence electrons. The molecule has 0 unspecified atom stereocenters. The van der Waals surface area contributed by atoms with Crippen molar-refractivity contribution in [3.63, 3.8) is 0 Å². The number of sulfonamides is 1. The standard InChI is InChI=1S/C19H25N7O2S/c1-14-19(15(2)23(4)22-14)29(27,28)26-11-9-25(10-12-26)18-13-17(20-16(3)21-18)24-7-5-6-8-24/h5-8,13H,9-12H2,1-4H3. The predicted octanol–water partition coefficient (Wildman–Crippen LogP) is 1.44. The molecule has 0 aliphatic carbocycles. The van der Waals surface area contributed by atoms with Gasteiger partial charge in [0, 0.05) is 51.7 Å². The molecule has 1 aliphatic heterocycles. The largest absolute Gasteiger partial charge is 0.354 e. The van der Waals surface area contributed by atoms with Crippen molar-refractivity contribution in [3.8, 4) is 5.82 Å². The normalized spacial score (nSPS) is 15.8. The summed E-state index contributed by atoms with van der Waals surface area (Å²) in [4.78, 5) is 11.5. The summed E-state index contributed by atoms with van der Waals surface area (Å²) in [6, 6.07) is 5.83. The lowest BCUT2D eigenvalue weighted by atomic mass is 10.3.